The summed E-state index contributed by atoms with van der Waals surface area (Å²) >= 11 is 0. The van der Waals surface area contributed by atoms with Gasteiger partial charge in [0.1, 0.15) is 0 Å². The number of hydrogen-bond donors (Lipinski definition) is 3. The van der Waals surface area contributed by atoms with Gasteiger partial charge >= 0.3 is 7.60 Å². The Balaban J connectivity index is 4.05. The first-order chi connectivity index (χ1) is 3.85. The van der Waals surface area contributed by atoms with Gasteiger partial charge in [-0.1, -0.05) is 13.8 Å². The van der Waals surface area contributed by atoms with Gasteiger partial charge in [0, 0.05) is 0 Å². The van der Waals surface area contributed by atoms with Crippen molar-refractivity contribution >= 4 is 7.60 Å². The van der Waals surface area contributed by atoms with Crippen LogP contribution < -0.4 is 0 Å². The van der Waals surface area contributed by atoms with Crippen LogP contribution in [0.3, 0.4) is 0 Å². The highest BCUT2D eigenvalue weighted by Crippen LogP contribution is 2.42. The monoisotopic (exact) mass is 154 g/mol. The molecule has 0 aliphatic carbocycles. The minimum atomic E-state index is -4.26. The van der Waals surface area contributed by atoms with Crippen molar-refractivity contribution in [3.05, 3.63) is 0 Å². The van der Waals surface area contributed by atoms with Crippen molar-refractivity contribution in [2.24, 2.45) is 5.92 Å². The van der Waals surface area contributed by atoms with E-state index < -0.39 is 19.4 Å². The second-order valence-corrected chi connectivity index (χ2v) is 3.95. The average Bonchev–Trinajstić information content (AvgIpc) is 1.62. The van der Waals surface area contributed by atoms with E-state index in [1.165, 1.54) is 0 Å². The van der Waals surface area contributed by atoms with Crippen molar-refractivity contribution < 1.29 is 19.5 Å². The van der Waals surface area contributed by atoms with Gasteiger partial charge < -0.3 is 14.9 Å². The molecule has 0 saturated heterocycles. The summed E-state index contributed by atoms with van der Waals surface area (Å²) in [6, 6.07) is 0. The quantitative estimate of drug-likeness (QED) is 0.494. The Morgan fingerprint density at radius 3 is 1.67 bits per heavy atom. The molecule has 0 amide bonds. The third-order valence-corrected chi connectivity index (χ3v) is 2.23. The molecule has 0 bridgehead atoms. The lowest BCUT2D eigenvalue weighted by Crippen LogP contribution is -2.14. The Bertz CT molecular complexity index is 127. The van der Waals surface area contributed by atoms with Crippen LogP contribution in [0.15, 0.2) is 0 Å². The SMILES string of the molecule is CC(C)[C@H](O)P(=O)(O)O. The Morgan fingerprint density at radius 2 is 1.67 bits per heavy atom. The van der Waals surface area contributed by atoms with Crippen molar-refractivity contribution in [2.75, 3.05) is 0 Å². The predicted molar refractivity (Wildman–Crippen MR) is 32.9 cm³/mol. The van der Waals surface area contributed by atoms with Gasteiger partial charge in [-0.25, -0.2) is 0 Å². The predicted octanol–water partition coefficient (Wildman–Crippen LogP) is 0.138. The van der Waals surface area contributed by atoms with Gasteiger partial charge in [0.15, 0.2) is 5.85 Å². The summed E-state index contributed by atoms with van der Waals surface area (Å²) in [4.78, 5) is 16.6. The summed E-state index contributed by atoms with van der Waals surface area (Å²) < 4.78 is 10.2. The number of rotatable bonds is 2. The highest BCUT2D eigenvalue weighted by molar-refractivity contribution is 7.52. The van der Waals surface area contributed by atoms with Crippen LogP contribution in [0.25, 0.3) is 0 Å². The molecule has 0 fully saturated rings. The molecule has 0 spiro atoms. The molecule has 0 radical (unpaired) electrons. The van der Waals surface area contributed by atoms with E-state index in [1.54, 1.807) is 13.8 Å². The first kappa shape index (κ1) is 9.11. The minimum absolute atomic E-state index is 0.397. The number of hydrogen-bond acceptors (Lipinski definition) is 2. The second kappa shape index (κ2) is 2.80. The highest BCUT2D eigenvalue weighted by Gasteiger charge is 2.28. The maximum Gasteiger partial charge on any atom is 0.354 e. The van der Waals surface area contributed by atoms with E-state index in [9.17, 15) is 4.57 Å². The highest BCUT2D eigenvalue weighted by atomic mass is 31.2. The fraction of sp³-hybridized carbons (Fsp3) is 1.00. The largest absolute Gasteiger partial charge is 0.380 e. The first-order valence-electron chi connectivity index (χ1n) is 2.59. The van der Waals surface area contributed by atoms with Gasteiger partial charge in [-0.2, -0.15) is 0 Å². The summed E-state index contributed by atoms with van der Waals surface area (Å²) in [5.41, 5.74) is 0. The lowest BCUT2D eigenvalue weighted by atomic mass is 10.2. The summed E-state index contributed by atoms with van der Waals surface area (Å²) in [6.07, 6.45) is 0. The van der Waals surface area contributed by atoms with Crippen LogP contribution >= 0.6 is 7.60 Å². The smallest absolute Gasteiger partial charge is 0.354 e. The Hall–Kier alpha value is 0.110. The van der Waals surface area contributed by atoms with Gasteiger partial charge in [-0.05, 0) is 5.92 Å². The molecule has 0 unspecified atom stereocenters. The van der Waals surface area contributed by atoms with E-state index in [4.69, 9.17) is 14.9 Å². The molecule has 9 heavy (non-hydrogen) atoms. The van der Waals surface area contributed by atoms with Crippen molar-refractivity contribution in [1.29, 1.82) is 0 Å². The fourth-order valence-electron chi connectivity index (χ4n) is 0.388. The number of aliphatic hydroxyl groups is 1. The zero-order valence-electron chi connectivity index (χ0n) is 5.35. The van der Waals surface area contributed by atoms with Crippen LogP contribution in [0.1, 0.15) is 13.8 Å². The van der Waals surface area contributed by atoms with Gasteiger partial charge in [-0.15, -0.1) is 0 Å². The van der Waals surface area contributed by atoms with Crippen LogP contribution in [0, 0.1) is 5.92 Å². The fourth-order valence-corrected chi connectivity index (χ4v) is 1.17. The molecular formula is C4H11O4P. The molecule has 0 heterocycles. The standard InChI is InChI=1S/C4H11O4P/c1-3(2)4(5)9(6,7)8/h3-5H,1-2H3,(H2,6,7,8)/t4-/m1/s1. The van der Waals surface area contributed by atoms with Crippen molar-refractivity contribution in [3.63, 3.8) is 0 Å². The summed E-state index contributed by atoms with van der Waals surface area (Å²) in [5.74, 6) is -1.91. The maximum atomic E-state index is 10.2. The van der Waals surface area contributed by atoms with Crippen molar-refractivity contribution in [1.82, 2.24) is 0 Å². The lowest BCUT2D eigenvalue weighted by molar-refractivity contribution is 0.161. The Morgan fingerprint density at radius 1 is 1.33 bits per heavy atom. The second-order valence-electron chi connectivity index (χ2n) is 2.25. The zero-order valence-corrected chi connectivity index (χ0v) is 6.25. The van der Waals surface area contributed by atoms with Crippen LogP contribution in [0.4, 0.5) is 0 Å². The average molecular weight is 154 g/mol. The molecule has 3 N–H and O–H groups in total. The molecule has 0 aromatic carbocycles. The molecule has 0 aliphatic heterocycles. The molecular weight excluding hydrogens is 143 g/mol. The summed E-state index contributed by atoms with van der Waals surface area (Å²) in [7, 11) is -4.26. The van der Waals surface area contributed by atoms with Gasteiger partial charge in [-0.3, -0.25) is 4.57 Å². The van der Waals surface area contributed by atoms with Crippen molar-refractivity contribution in [3.8, 4) is 0 Å². The maximum absolute atomic E-state index is 10.2. The van der Waals surface area contributed by atoms with Crippen LogP contribution in [0.5, 0.6) is 0 Å². The molecule has 0 rings (SSSR count). The van der Waals surface area contributed by atoms with Crippen molar-refractivity contribution in [2.45, 2.75) is 19.7 Å². The third kappa shape index (κ3) is 2.96. The molecule has 0 saturated carbocycles. The molecule has 0 aliphatic rings. The third-order valence-electron chi connectivity index (χ3n) is 0.941. The van der Waals surface area contributed by atoms with Crippen LogP contribution in [-0.2, 0) is 4.57 Å². The first-order valence-corrected chi connectivity index (χ1v) is 4.27. The zero-order chi connectivity index (χ0) is 7.65. The molecule has 56 valence electrons. The number of aliphatic hydroxyl groups excluding tert-OH is 1. The normalized spacial score (nSPS) is 16.2. The van der Waals surface area contributed by atoms with Crippen LogP contribution in [0.2, 0.25) is 0 Å². The molecule has 0 aromatic rings. The van der Waals surface area contributed by atoms with E-state index in [0.717, 1.165) is 0 Å². The Kier molecular flexibility index (Phi) is 2.83. The van der Waals surface area contributed by atoms with E-state index in [2.05, 4.69) is 0 Å². The van der Waals surface area contributed by atoms with E-state index in [0.29, 0.717) is 0 Å². The lowest BCUT2D eigenvalue weighted by Gasteiger charge is -2.14. The minimum Gasteiger partial charge on any atom is -0.380 e. The summed E-state index contributed by atoms with van der Waals surface area (Å²) in [6.45, 7) is 3.09. The van der Waals surface area contributed by atoms with Crippen LogP contribution in [-0.4, -0.2) is 20.7 Å². The van der Waals surface area contributed by atoms with Gasteiger partial charge in [0.25, 0.3) is 0 Å². The van der Waals surface area contributed by atoms with Gasteiger partial charge in [0.2, 0.25) is 0 Å². The topological polar surface area (TPSA) is 77.8 Å². The molecule has 5 heteroatoms. The van der Waals surface area contributed by atoms with E-state index in [-0.39, 0.29) is 0 Å². The molecule has 0 aromatic heterocycles. The molecule has 1 atom stereocenters. The van der Waals surface area contributed by atoms with Gasteiger partial charge in [0.05, 0.1) is 0 Å². The Labute approximate surface area is 53.7 Å². The molecule has 4 nitrogen and oxygen atoms in total. The van der Waals surface area contributed by atoms with E-state index in [1.807, 2.05) is 0 Å². The summed E-state index contributed by atoms with van der Waals surface area (Å²) in [5, 5.41) is 8.70. The van der Waals surface area contributed by atoms with E-state index >= 15 is 0 Å².